The summed E-state index contributed by atoms with van der Waals surface area (Å²) in [5, 5.41) is 3.84. The normalized spacial score (nSPS) is 12.3. The first-order valence-corrected chi connectivity index (χ1v) is 14.2. The second-order valence-corrected chi connectivity index (χ2v) is 9.21. The first-order valence-electron chi connectivity index (χ1n) is 11.0. The summed E-state index contributed by atoms with van der Waals surface area (Å²) in [6, 6.07) is 15.5. The van der Waals surface area contributed by atoms with E-state index in [1.807, 2.05) is 50.5 Å². The first-order chi connectivity index (χ1) is 15.6. The van der Waals surface area contributed by atoms with E-state index >= 15 is 0 Å². The molecule has 0 radical (unpaired) electrons. The molecule has 32 heavy (non-hydrogen) atoms. The monoisotopic (exact) mass is 621 g/mol. The van der Waals surface area contributed by atoms with E-state index in [9.17, 15) is 9.59 Å². The molecule has 2 aromatic carbocycles. The molecule has 5 nitrogen and oxygen atoms in total. The summed E-state index contributed by atoms with van der Waals surface area (Å²) >= 11 is 1.14. The van der Waals surface area contributed by atoms with Crippen molar-refractivity contribution in [3.63, 3.8) is 0 Å². The maximum absolute atomic E-state index is 11.2. The number of hydrogen-bond donors (Lipinski definition) is 1. The standard InChI is InChI=1S/C15H16N.C9H8N2O2.C2H6.Tl/c1-3-5-6-13-8-7-12(4-2)14-9-10-16-11-15(13)14;12-8-6-9(13)11(10-8)7-4-2-1-3-5-7;1-2;/h4,7-11H,1-3,5-6H2;1-5H,6H2,(H,10,12);1-2H3;. The summed E-state index contributed by atoms with van der Waals surface area (Å²) in [5.74, 6) is -0.468. The van der Waals surface area contributed by atoms with Crippen LogP contribution in [0.1, 0.15) is 44.2 Å². The van der Waals surface area contributed by atoms with Crippen LogP contribution in [0.4, 0.5) is 5.69 Å². The summed E-state index contributed by atoms with van der Waals surface area (Å²) in [7, 11) is 0. The number of para-hydroxylation sites is 1. The smallest absolute Gasteiger partial charge is 0.255 e. The predicted octanol–water partition coefficient (Wildman–Crippen LogP) is 5.27. The second-order valence-electron chi connectivity index (χ2n) is 6.96. The number of benzene rings is 2. The average Bonchev–Trinajstić information content (AvgIpc) is 3.19. The van der Waals surface area contributed by atoms with Crippen LogP contribution < -0.4 is 10.4 Å². The molecule has 2 heterocycles. The van der Waals surface area contributed by atoms with Crippen LogP contribution in [-0.2, 0) is 16.0 Å². The first kappa shape index (κ1) is 25.7. The van der Waals surface area contributed by atoms with Crippen molar-refractivity contribution in [1.29, 1.82) is 0 Å². The van der Waals surface area contributed by atoms with Crippen molar-refractivity contribution >= 4 is 60.1 Å². The van der Waals surface area contributed by atoms with Crippen LogP contribution in [0, 0.1) is 0 Å². The average molecular weight is 621 g/mol. The number of aryl methyl sites for hydroxylation is 1. The molecule has 0 aliphatic carbocycles. The van der Waals surface area contributed by atoms with Gasteiger partial charge < -0.3 is 0 Å². The number of pyridine rings is 1. The van der Waals surface area contributed by atoms with E-state index in [0.717, 1.165) is 25.8 Å². The molecule has 1 N–H and O–H groups in total. The van der Waals surface area contributed by atoms with Gasteiger partial charge in [-0.3, -0.25) is 15.0 Å². The summed E-state index contributed by atoms with van der Waals surface area (Å²) in [4.78, 5) is 26.3. The number of amides is 2. The Morgan fingerprint density at radius 3 is 2.44 bits per heavy atom. The molecule has 164 valence electrons. The van der Waals surface area contributed by atoms with Gasteiger partial charge >= 0.3 is 119 Å². The van der Waals surface area contributed by atoms with E-state index in [0.29, 0.717) is 5.69 Å². The largest absolute Gasteiger partial charge is 0.273 e. The molecule has 0 saturated carbocycles. The van der Waals surface area contributed by atoms with Crippen molar-refractivity contribution in [3.8, 4) is 0 Å². The fraction of sp³-hybridized carbons (Fsp3) is 0.269. The Labute approximate surface area is 206 Å². The van der Waals surface area contributed by atoms with Gasteiger partial charge in [0.1, 0.15) is 6.42 Å². The molecule has 1 aromatic heterocycles. The number of unbranched alkanes of at least 4 members (excludes halogenated alkanes) is 1. The molecule has 0 atom stereocenters. The molecule has 6 heteroatoms. The maximum atomic E-state index is 11.2. The van der Waals surface area contributed by atoms with Gasteiger partial charge in [0.25, 0.3) is 5.91 Å². The minimum absolute atomic E-state index is 0.0606. The Balaban J connectivity index is 0.000000217. The topological polar surface area (TPSA) is 62.3 Å². The Morgan fingerprint density at radius 2 is 1.81 bits per heavy atom. The summed E-state index contributed by atoms with van der Waals surface area (Å²) in [5.41, 5.74) is 5.79. The molecule has 0 bridgehead atoms. The fourth-order valence-corrected chi connectivity index (χ4v) is 4.48. The van der Waals surface area contributed by atoms with Crippen LogP contribution >= 0.6 is 0 Å². The van der Waals surface area contributed by atoms with Gasteiger partial charge in [-0.1, -0.05) is 32.0 Å². The minimum Gasteiger partial charge on any atom is -0.273 e. The van der Waals surface area contributed by atoms with Crippen molar-refractivity contribution in [3.05, 3.63) is 78.6 Å². The zero-order valence-corrected chi connectivity index (χ0v) is 23.4. The van der Waals surface area contributed by atoms with Crippen LogP contribution in [0.3, 0.4) is 0 Å². The van der Waals surface area contributed by atoms with E-state index in [1.165, 1.54) is 50.2 Å². The molecule has 2 amide bonds. The van der Waals surface area contributed by atoms with E-state index in [1.54, 1.807) is 12.1 Å². The molecule has 0 spiro atoms. The fourth-order valence-electron chi connectivity index (χ4n) is 3.36. The van der Waals surface area contributed by atoms with Crippen molar-refractivity contribution in [2.45, 2.75) is 43.5 Å². The van der Waals surface area contributed by atoms with Gasteiger partial charge in [-0.25, -0.2) is 5.01 Å². The number of carbonyl (C=O) groups is 2. The number of fused-ring (bicyclic) bond motifs is 1. The molecular weight excluding hydrogens is 591 g/mol. The number of aromatic nitrogens is 1. The molecule has 1 aliphatic rings. The van der Waals surface area contributed by atoms with Crippen LogP contribution in [0.2, 0.25) is 3.98 Å². The van der Waals surface area contributed by atoms with Gasteiger partial charge in [0, 0.05) is 0 Å². The number of hydrazine groups is 1. The molecule has 1 fully saturated rings. The van der Waals surface area contributed by atoms with E-state index in [2.05, 4.69) is 35.2 Å². The second kappa shape index (κ2) is 13.8. The summed E-state index contributed by atoms with van der Waals surface area (Å²) in [6.07, 6.45) is 9.55. The van der Waals surface area contributed by atoms with Crippen LogP contribution in [0.5, 0.6) is 0 Å². The number of carbonyl (C=O) groups excluding carboxylic acids is 2. The van der Waals surface area contributed by atoms with Gasteiger partial charge in [0.2, 0.25) is 5.91 Å². The van der Waals surface area contributed by atoms with Crippen molar-refractivity contribution in [2.24, 2.45) is 0 Å². The summed E-state index contributed by atoms with van der Waals surface area (Å²) < 4.78 is 1.43. The number of nitrogens with one attached hydrogen (secondary N) is 1. The summed E-state index contributed by atoms with van der Waals surface area (Å²) in [6.45, 7) is 7.87. The van der Waals surface area contributed by atoms with Crippen molar-refractivity contribution in [1.82, 2.24) is 10.4 Å². The zero-order chi connectivity index (χ0) is 23.3. The maximum Gasteiger partial charge on any atom is 0.255 e. The van der Waals surface area contributed by atoms with E-state index < -0.39 is 0 Å². The third-order valence-corrected chi connectivity index (χ3v) is 6.46. The Bertz CT molecular complexity index is 1040. The molecule has 4 rings (SSSR count). The number of nitrogens with zero attached hydrogens (tertiary/aromatic N) is 2. The van der Waals surface area contributed by atoms with E-state index in [-0.39, 0.29) is 18.2 Å². The van der Waals surface area contributed by atoms with Gasteiger partial charge in [0.05, 0.1) is 5.69 Å². The zero-order valence-electron chi connectivity index (χ0n) is 18.9. The van der Waals surface area contributed by atoms with Gasteiger partial charge in [-0.15, -0.1) is 0 Å². The molecule has 0 unspecified atom stereocenters. The van der Waals surface area contributed by atoms with Gasteiger partial charge in [-0.05, 0) is 12.1 Å². The van der Waals surface area contributed by atoms with Gasteiger partial charge in [0.15, 0.2) is 0 Å². The van der Waals surface area contributed by atoms with Crippen molar-refractivity contribution in [2.75, 3.05) is 5.01 Å². The number of anilines is 1. The SMILES string of the molecule is C=Cc1ccc(CCC[CH2][Tl])c2cnccc12.CC.O=C1CC(=O)N(c2ccccc2)N1. The van der Waals surface area contributed by atoms with Crippen LogP contribution in [-0.4, -0.2) is 42.6 Å². The van der Waals surface area contributed by atoms with E-state index in [4.69, 9.17) is 0 Å². The Hall–Kier alpha value is -2.55. The van der Waals surface area contributed by atoms with Crippen LogP contribution in [0.25, 0.3) is 16.8 Å². The molecule has 3 aromatic rings. The molecule has 1 saturated heterocycles. The third kappa shape index (κ3) is 6.98. The molecular formula is C26H30N3O2Tl. The third-order valence-electron chi connectivity index (χ3n) is 4.87. The van der Waals surface area contributed by atoms with Crippen LogP contribution in [0.15, 0.2) is 67.5 Å². The Kier molecular flexibility index (Phi) is 11.1. The minimum atomic E-state index is -0.256. The predicted molar refractivity (Wildman–Crippen MR) is 133 cm³/mol. The van der Waals surface area contributed by atoms with Crippen molar-refractivity contribution < 1.29 is 9.59 Å². The quantitative estimate of drug-likeness (QED) is 0.232. The van der Waals surface area contributed by atoms with Gasteiger partial charge in [-0.2, -0.15) is 0 Å². The number of hydrogen-bond acceptors (Lipinski definition) is 3. The number of rotatable bonds is 6. The molecule has 1 aliphatic heterocycles. The Morgan fingerprint density at radius 1 is 1.06 bits per heavy atom.